The summed E-state index contributed by atoms with van der Waals surface area (Å²) in [6.07, 6.45) is 1.87. The number of nitrogens with zero attached hydrogens (tertiary/aromatic N) is 3. The van der Waals surface area contributed by atoms with Gasteiger partial charge in [0.2, 0.25) is 6.08 Å². The molecule has 0 saturated heterocycles. The van der Waals surface area contributed by atoms with Crippen molar-refractivity contribution >= 4 is 24.0 Å². The number of hydrogen-bond donors (Lipinski definition) is 0. The monoisotopic (exact) mass is 493 g/mol. The summed E-state index contributed by atoms with van der Waals surface area (Å²) in [6.45, 7) is 12.5. The molecule has 0 radical (unpaired) electrons. The molecule has 0 aliphatic heterocycles. The molecule has 10 heteroatoms. The number of amides is 2. The lowest BCUT2D eigenvalue weighted by atomic mass is 10.2. The molecule has 0 unspecified atom stereocenters. The lowest BCUT2D eigenvalue weighted by Gasteiger charge is -2.24. The first-order chi connectivity index (χ1) is 16.2. The van der Waals surface area contributed by atoms with Crippen LogP contribution in [0.2, 0.25) is 0 Å². The number of aliphatic imine (C=N–C) groups is 1. The van der Waals surface area contributed by atoms with Crippen LogP contribution >= 0.6 is 0 Å². The van der Waals surface area contributed by atoms with Crippen LogP contribution in [0, 0.1) is 0 Å². The number of hydrogen-bond acceptors (Lipinski definition) is 8. The Hall–Kier alpha value is -3.26. The Morgan fingerprint density at radius 2 is 1.20 bits per heavy atom. The molecule has 35 heavy (non-hydrogen) atoms. The van der Waals surface area contributed by atoms with Crippen LogP contribution in [-0.4, -0.2) is 79.7 Å². The molecule has 0 atom stereocenters. The third kappa shape index (κ3) is 13.3. The molecule has 0 N–H and O–H groups in total. The summed E-state index contributed by atoms with van der Waals surface area (Å²) in [4.78, 5) is 41.4. The van der Waals surface area contributed by atoms with Gasteiger partial charge in [0.1, 0.15) is 22.7 Å². The maximum Gasteiger partial charge on any atom is 0.410 e. The summed E-state index contributed by atoms with van der Waals surface area (Å²) >= 11 is 0. The minimum Gasteiger partial charge on any atom is -0.493 e. The molecule has 0 aliphatic carbocycles. The highest BCUT2D eigenvalue weighted by molar-refractivity contribution is 5.68. The van der Waals surface area contributed by atoms with Gasteiger partial charge in [-0.15, -0.1) is 0 Å². The van der Waals surface area contributed by atoms with E-state index in [0.717, 1.165) is 0 Å². The van der Waals surface area contributed by atoms with Crippen molar-refractivity contribution in [3.05, 3.63) is 18.2 Å². The average Bonchev–Trinajstić information content (AvgIpc) is 2.71. The van der Waals surface area contributed by atoms with Gasteiger partial charge in [-0.05, 0) is 54.4 Å². The maximum atomic E-state index is 12.0. The second-order valence-corrected chi connectivity index (χ2v) is 10.1. The number of carbonyl (C=O) groups is 2. The van der Waals surface area contributed by atoms with Crippen molar-refractivity contribution in [2.75, 3.05) is 40.4 Å². The normalized spacial score (nSPS) is 11.2. The first-order valence-corrected chi connectivity index (χ1v) is 11.6. The Bertz CT molecular complexity index is 824. The van der Waals surface area contributed by atoms with Gasteiger partial charge in [0.05, 0.1) is 18.9 Å². The Labute approximate surface area is 208 Å². The zero-order chi connectivity index (χ0) is 26.6. The highest BCUT2D eigenvalue weighted by Crippen LogP contribution is 2.28. The number of ether oxygens (including phenoxy) is 4. The molecule has 1 rings (SSSR count). The van der Waals surface area contributed by atoms with Gasteiger partial charge in [0.25, 0.3) is 0 Å². The molecule has 1 aromatic carbocycles. The number of rotatable bonds is 11. The molecule has 2 amide bonds. The molecule has 0 fully saturated rings. The van der Waals surface area contributed by atoms with E-state index in [4.69, 9.17) is 18.9 Å². The van der Waals surface area contributed by atoms with Crippen molar-refractivity contribution in [1.82, 2.24) is 9.80 Å². The summed E-state index contributed by atoms with van der Waals surface area (Å²) in [5, 5.41) is 0. The second-order valence-electron chi connectivity index (χ2n) is 10.1. The summed E-state index contributed by atoms with van der Waals surface area (Å²) in [5.74, 6) is 0.949. The zero-order valence-electron chi connectivity index (χ0n) is 22.2. The van der Waals surface area contributed by atoms with Gasteiger partial charge >= 0.3 is 12.2 Å². The molecular weight excluding hydrogens is 454 g/mol. The predicted molar refractivity (Wildman–Crippen MR) is 132 cm³/mol. The van der Waals surface area contributed by atoms with Crippen LogP contribution in [0.25, 0.3) is 0 Å². The van der Waals surface area contributed by atoms with Crippen molar-refractivity contribution in [3.8, 4) is 11.5 Å². The Kier molecular flexibility index (Phi) is 11.6. The molecule has 0 saturated carbocycles. The first-order valence-electron chi connectivity index (χ1n) is 11.6. The fraction of sp³-hybridized carbons (Fsp3) is 0.640. The van der Waals surface area contributed by atoms with Gasteiger partial charge < -0.3 is 28.7 Å². The summed E-state index contributed by atoms with van der Waals surface area (Å²) in [6, 6.07) is 4.90. The van der Waals surface area contributed by atoms with Crippen LogP contribution in [-0.2, 0) is 14.3 Å². The van der Waals surface area contributed by atoms with Crippen LogP contribution in [0.1, 0.15) is 54.4 Å². The van der Waals surface area contributed by atoms with Crippen LogP contribution in [0.15, 0.2) is 23.2 Å². The van der Waals surface area contributed by atoms with Crippen molar-refractivity contribution in [2.24, 2.45) is 4.99 Å². The molecule has 10 nitrogen and oxygen atoms in total. The van der Waals surface area contributed by atoms with Gasteiger partial charge in [-0.1, -0.05) is 0 Å². The lowest BCUT2D eigenvalue weighted by Crippen LogP contribution is -2.35. The van der Waals surface area contributed by atoms with Crippen LogP contribution in [0.5, 0.6) is 11.5 Å². The Balaban J connectivity index is 2.56. The Morgan fingerprint density at radius 3 is 1.54 bits per heavy atom. The van der Waals surface area contributed by atoms with E-state index in [0.29, 0.717) is 56.3 Å². The van der Waals surface area contributed by atoms with Crippen molar-refractivity contribution in [3.63, 3.8) is 0 Å². The molecule has 0 bridgehead atoms. The van der Waals surface area contributed by atoms with E-state index in [1.807, 2.05) is 41.5 Å². The van der Waals surface area contributed by atoms with Crippen LogP contribution in [0.4, 0.5) is 15.3 Å². The van der Waals surface area contributed by atoms with E-state index in [9.17, 15) is 14.4 Å². The standard InChI is InChI=1S/C25H39N3O7/c1-24(2,3)34-22(30)27(7)11-9-13-32-20-15-19(26-18-29)16-21(17-20)33-14-10-12-28(8)23(31)35-25(4,5)6/h15-17H,9-14H2,1-8H3. The van der Waals surface area contributed by atoms with Crippen molar-refractivity contribution in [1.29, 1.82) is 0 Å². The fourth-order valence-electron chi connectivity index (χ4n) is 2.69. The van der Waals surface area contributed by atoms with E-state index < -0.39 is 23.4 Å². The van der Waals surface area contributed by atoms with Crippen LogP contribution < -0.4 is 9.47 Å². The second kappa shape index (κ2) is 13.6. The molecule has 1 aromatic rings. The van der Waals surface area contributed by atoms with E-state index in [2.05, 4.69) is 4.99 Å². The molecule has 0 aliphatic rings. The molecule has 0 spiro atoms. The number of carbonyl (C=O) groups excluding carboxylic acids is 3. The number of isocyanates is 1. The quantitative estimate of drug-likeness (QED) is 0.244. The molecule has 196 valence electrons. The SMILES string of the molecule is CN(CCCOc1cc(N=C=O)cc(OCCCN(C)C(=O)OC(C)(C)C)c1)C(=O)OC(C)(C)C. The average molecular weight is 494 g/mol. The topological polar surface area (TPSA) is 107 Å². The first kappa shape index (κ1) is 29.8. The minimum absolute atomic E-state index is 0.335. The fourth-order valence-corrected chi connectivity index (χ4v) is 2.69. The summed E-state index contributed by atoms with van der Waals surface area (Å²) in [7, 11) is 3.33. The smallest absolute Gasteiger partial charge is 0.410 e. The van der Waals surface area contributed by atoms with Crippen LogP contribution in [0.3, 0.4) is 0 Å². The van der Waals surface area contributed by atoms with Crippen molar-refractivity contribution in [2.45, 2.75) is 65.6 Å². The van der Waals surface area contributed by atoms with Crippen molar-refractivity contribution < 1.29 is 33.3 Å². The van der Waals surface area contributed by atoms with Gasteiger partial charge in [-0.3, -0.25) is 0 Å². The molecule has 0 heterocycles. The van der Waals surface area contributed by atoms with E-state index >= 15 is 0 Å². The Morgan fingerprint density at radius 1 is 0.800 bits per heavy atom. The molecule has 0 aromatic heterocycles. The zero-order valence-corrected chi connectivity index (χ0v) is 22.2. The molecular formula is C25H39N3O7. The summed E-state index contributed by atoms with van der Waals surface area (Å²) < 4.78 is 22.2. The van der Waals surface area contributed by atoms with Gasteiger partial charge in [-0.2, -0.15) is 4.99 Å². The van der Waals surface area contributed by atoms with Gasteiger partial charge in [0, 0.05) is 45.4 Å². The summed E-state index contributed by atoms with van der Waals surface area (Å²) in [5.41, 5.74) is -0.754. The maximum absolute atomic E-state index is 12.0. The number of benzene rings is 1. The highest BCUT2D eigenvalue weighted by atomic mass is 16.6. The third-order valence-electron chi connectivity index (χ3n) is 4.26. The minimum atomic E-state index is -0.553. The van der Waals surface area contributed by atoms with Gasteiger partial charge in [0.15, 0.2) is 0 Å². The van der Waals surface area contributed by atoms with E-state index in [1.54, 1.807) is 32.3 Å². The lowest BCUT2D eigenvalue weighted by molar-refractivity contribution is 0.0282. The highest BCUT2D eigenvalue weighted by Gasteiger charge is 2.20. The van der Waals surface area contributed by atoms with Gasteiger partial charge in [-0.25, -0.2) is 14.4 Å². The van der Waals surface area contributed by atoms with E-state index in [1.165, 1.54) is 15.9 Å². The van der Waals surface area contributed by atoms with E-state index in [-0.39, 0.29) is 0 Å². The largest absolute Gasteiger partial charge is 0.493 e. The third-order valence-corrected chi connectivity index (χ3v) is 4.26. The predicted octanol–water partition coefficient (Wildman–Crippen LogP) is 4.93.